The van der Waals surface area contributed by atoms with Gasteiger partial charge < -0.3 is 24.4 Å². The Morgan fingerprint density at radius 3 is 2.32 bits per heavy atom. The number of anilines is 1. The summed E-state index contributed by atoms with van der Waals surface area (Å²) in [5.74, 6) is -1.26. The fourth-order valence-electron chi connectivity index (χ4n) is 3.30. The number of nitrogen functional groups attached to an aromatic ring is 1. The van der Waals surface area contributed by atoms with Gasteiger partial charge in [-0.2, -0.15) is 4.98 Å². The molecule has 4 atom stereocenters. The first-order valence-corrected chi connectivity index (χ1v) is 15.0. The lowest BCUT2D eigenvalue weighted by Gasteiger charge is -2.41. The molecule has 206 valence electrons. The van der Waals surface area contributed by atoms with E-state index in [4.69, 9.17) is 30.8 Å². The number of hydrogen-bond donors (Lipinski definition) is 1. The zero-order valence-electron chi connectivity index (χ0n) is 23.0. The van der Waals surface area contributed by atoms with Crippen molar-refractivity contribution in [3.05, 3.63) is 22.5 Å². The SMILES string of the molecule is C#C[C@]1(COC(=O)C(C)C)O[C@@H](n2cc(F)c(N)nc2=O)[C@@H](O[Si](C)(C)C(C)(C)C)[C@@H]1OC(=O)C(C)C. The van der Waals surface area contributed by atoms with Gasteiger partial charge in [0.25, 0.3) is 0 Å². The number of terminal acetylenes is 1. The summed E-state index contributed by atoms with van der Waals surface area (Å²) in [6.45, 7) is 16.0. The third-order valence-corrected chi connectivity index (χ3v) is 11.1. The molecule has 0 amide bonds. The Hall–Kier alpha value is -2.75. The van der Waals surface area contributed by atoms with Gasteiger partial charge in [0.05, 0.1) is 18.0 Å². The Morgan fingerprint density at radius 2 is 1.84 bits per heavy atom. The average molecular weight is 540 g/mol. The Bertz CT molecular complexity index is 1120. The van der Waals surface area contributed by atoms with Gasteiger partial charge in [-0.25, -0.2) is 9.18 Å². The van der Waals surface area contributed by atoms with Crippen LogP contribution in [0.15, 0.2) is 11.0 Å². The van der Waals surface area contributed by atoms with E-state index in [0.29, 0.717) is 0 Å². The van der Waals surface area contributed by atoms with Gasteiger partial charge in [0.1, 0.15) is 12.7 Å². The van der Waals surface area contributed by atoms with Crippen molar-refractivity contribution in [1.82, 2.24) is 9.55 Å². The molecule has 1 saturated heterocycles. The lowest BCUT2D eigenvalue weighted by atomic mass is 9.96. The maximum absolute atomic E-state index is 14.5. The molecule has 2 rings (SSSR count). The van der Waals surface area contributed by atoms with E-state index < -0.39 is 80.1 Å². The first-order chi connectivity index (χ1) is 16.9. The Labute approximate surface area is 218 Å². The summed E-state index contributed by atoms with van der Waals surface area (Å²) in [6, 6.07) is 0. The van der Waals surface area contributed by atoms with Crippen LogP contribution in [0.4, 0.5) is 10.2 Å². The molecule has 0 aliphatic carbocycles. The van der Waals surface area contributed by atoms with Crippen LogP contribution in [0.3, 0.4) is 0 Å². The van der Waals surface area contributed by atoms with Gasteiger partial charge in [-0.3, -0.25) is 14.2 Å². The van der Waals surface area contributed by atoms with Crippen LogP contribution < -0.4 is 11.4 Å². The van der Waals surface area contributed by atoms with E-state index in [-0.39, 0.29) is 5.04 Å². The van der Waals surface area contributed by atoms with Gasteiger partial charge >= 0.3 is 17.6 Å². The smallest absolute Gasteiger partial charge is 0.351 e. The molecule has 10 nitrogen and oxygen atoms in total. The van der Waals surface area contributed by atoms with Gasteiger partial charge in [0.15, 0.2) is 32.3 Å². The third kappa shape index (κ3) is 6.39. The summed E-state index contributed by atoms with van der Waals surface area (Å²) in [4.78, 5) is 41.5. The topological polar surface area (TPSA) is 132 Å². The highest BCUT2D eigenvalue weighted by atomic mass is 28.4. The second-order valence-corrected chi connectivity index (χ2v) is 16.1. The number of ether oxygens (including phenoxy) is 3. The largest absolute Gasteiger partial charge is 0.461 e. The molecule has 1 aromatic rings. The van der Waals surface area contributed by atoms with E-state index in [1.165, 1.54) is 0 Å². The first kappa shape index (κ1) is 30.5. The maximum Gasteiger partial charge on any atom is 0.351 e. The minimum absolute atomic E-state index is 0.314. The molecule has 1 aromatic heterocycles. The summed E-state index contributed by atoms with van der Waals surface area (Å²) in [6.07, 6.45) is 2.91. The van der Waals surface area contributed by atoms with Crippen molar-refractivity contribution in [3.8, 4) is 12.3 Å². The quantitative estimate of drug-likeness (QED) is 0.301. The van der Waals surface area contributed by atoms with E-state index >= 15 is 0 Å². The lowest BCUT2D eigenvalue weighted by molar-refractivity contribution is -0.171. The minimum atomic E-state index is -2.65. The number of carbonyl (C=O) groups excluding carboxylic acids is 2. The van der Waals surface area contributed by atoms with Crippen molar-refractivity contribution in [1.29, 1.82) is 0 Å². The van der Waals surface area contributed by atoms with Crippen molar-refractivity contribution < 1.29 is 32.6 Å². The zero-order valence-corrected chi connectivity index (χ0v) is 24.0. The molecule has 2 heterocycles. The van der Waals surface area contributed by atoms with E-state index in [9.17, 15) is 18.8 Å². The molecule has 2 N–H and O–H groups in total. The molecule has 0 bridgehead atoms. The fraction of sp³-hybridized carbons (Fsp3) is 0.680. The maximum atomic E-state index is 14.5. The molecule has 0 saturated carbocycles. The Balaban J connectivity index is 2.75. The lowest BCUT2D eigenvalue weighted by Crippen LogP contribution is -2.54. The summed E-state index contributed by atoms with van der Waals surface area (Å²) >= 11 is 0. The van der Waals surface area contributed by atoms with Gasteiger partial charge in [-0.15, -0.1) is 6.42 Å². The van der Waals surface area contributed by atoms with Crippen LogP contribution in [0.5, 0.6) is 0 Å². The number of rotatable bonds is 8. The molecule has 1 aliphatic heterocycles. The third-order valence-electron chi connectivity index (χ3n) is 6.67. The highest BCUT2D eigenvalue weighted by Crippen LogP contribution is 2.46. The van der Waals surface area contributed by atoms with Crippen LogP contribution in [0.2, 0.25) is 18.1 Å². The Kier molecular flexibility index (Phi) is 9.00. The highest BCUT2D eigenvalue weighted by Gasteiger charge is 2.61. The number of nitrogens with zero attached hydrogens (tertiary/aromatic N) is 2. The normalized spacial score (nSPS) is 24.2. The predicted octanol–water partition coefficient (Wildman–Crippen LogP) is 3.02. The van der Waals surface area contributed by atoms with Crippen molar-refractivity contribution in [2.24, 2.45) is 11.8 Å². The molecule has 0 unspecified atom stereocenters. The van der Waals surface area contributed by atoms with Crippen LogP contribution in [0, 0.1) is 30.0 Å². The predicted molar refractivity (Wildman–Crippen MR) is 137 cm³/mol. The van der Waals surface area contributed by atoms with Crippen LogP contribution in [0.25, 0.3) is 0 Å². The fourth-order valence-corrected chi connectivity index (χ4v) is 4.57. The van der Waals surface area contributed by atoms with Crippen molar-refractivity contribution >= 4 is 26.1 Å². The number of carbonyl (C=O) groups is 2. The van der Waals surface area contributed by atoms with E-state index in [0.717, 1.165) is 10.8 Å². The number of esters is 2. The Morgan fingerprint density at radius 1 is 1.27 bits per heavy atom. The van der Waals surface area contributed by atoms with Crippen LogP contribution in [-0.4, -0.2) is 54.2 Å². The van der Waals surface area contributed by atoms with Crippen LogP contribution in [-0.2, 0) is 28.2 Å². The summed E-state index contributed by atoms with van der Waals surface area (Å²) in [5.41, 5.74) is 2.71. The molecule has 0 radical (unpaired) electrons. The summed E-state index contributed by atoms with van der Waals surface area (Å²) in [5, 5.41) is -0.314. The van der Waals surface area contributed by atoms with Gasteiger partial charge in [0.2, 0.25) is 5.60 Å². The zero-order chi connectivity index (χ0) is 28.5. The van der Waals surface area contributed by atoms with Crippen LogP contribution >= 0.6 is 0 Å². The highest BCUT2D eigenvalue weighted by molar-refractivity contribution is 6.74. The minimum Gasteiger partial charge on any atom is -0.461 e. The summed E-state index contributed by atoms with van der Waals surface area (Å²) < 4.78 is 39.4. The van der Waals surface area contributed by atoms with Gasteiger partial charge in [-0.1, -0.05) is 54.4 Å². The molecular weight excluding hydrogens is 501 g/mol. The molecule has 1 fully saturated rings. The second-order valence-electron chi connectivity index (χ2n) is 11.3. The van der Waals surface area contributed by atoms with E-state index in [1.807, 2.05) is 33.9 Å². The molecule has 1 aliphatic rings. The van der Waals surface area contributed by atoms with Gasteiger partial charge in [0, 0.05) is 0 Å². The standard InChI is InChI=1S/C25H38FN3O7Si/c1-11-25(13-33-21(30)14(2)3)18(34-22(31)15(4)5)17(36-37(9,10)24(6,7)8)20(35-25)29-12-16(26)19(27)28-23(29)32/h1,12,14-15,17-18,20H,13H2,2-10H3,(H2,27,28,32)/t17-,18-,20+,25+/m0/s1. The number of aromatic nitrogens is 2. The molecule has 0 aromatic carbocycles. The second kappa shape index (κ2) is 10.9. The molecule has 0 spiro atoms. The molecule has 37 heavy (non-hydrogen) atoms. The average Bonchev–Trinajstić information content (AvgIpc) is 3.06. The van der Waals surface area contributed by atoms with E-state index in [1.54, 1.807) is 27.7 Å². The molecule has 12 heteroatoms. The van der Waals surface area contributed by atoms with E-state index in [2.05, 4.69) is 10.9 Å². The molecular formula is C25H38FN3O7Si. The number of halogens is 1. The van der Waals surface area contributed by atoms with Crippen molar-refractivity contribution in [2.45, 2.75) is 90.6 Å². The van der Waals surface area contributed by atoms with Crippen molar-refractivity contribution in [2.75, 3.05) is 12.3 Å². The monoisotopic (exact) mass is 539 g/mol. The number of nitrogens with two attached hydrogens (primary N) is 1. The van der Waals surface area contributed by atoms with Gasteiger partial charge in [-0.05, 0) is 18.1 Å². The summed E-state index contributed by atoms with van der Waals surface area (Å²) in [7, 11) is -2.65. The van der Waals surface area contributed by atoms with Crippen molar-refractivity contribution in [3.63, 3.8) is 0 Å². The van der Waals surface area contributed by atoms with Crippen LogP contribution in [0.1, 0.15) is 54.7 Å². The first-order valence-electron chi connectivity index (χ1n) is 12.1. The number of hydrogen-bond acceptors (Lipinski definition) is 9.